The van der Waals surface area contributed by atoms with Gasteiger partial charge in [-0.3, -0.25) is 0 Å². The molecule has 122 valence electrons. The van der Waals surface area contributed by atoms with Crippen molar-refractivity contribution in [1.82, 2.24) is 0 Å². The van der Waals surface area contributed by atoms with Crippen molar-refractivity contribution in [3.63, 3.8) is 0 Å². The molecule has 0 bridgehead atoms. The predicted octanol–water partition coefficient (Wildman–Crippen LogP) is -1.81. The number of hydrogen-bond acceptors (Lipinski definition) is 6. The Morgan fingerprint density at radius 3 is 1.70 bits per heavy atom. The summed E-state index contributed by atoms with van der Waals surface area (Å²) in [6.07, 6.45) is -0.352. The van der Waals surface area contributed by atoms with Crippen molar-refractivity contribution in [3.05, 3.63) is 22.3 Å². The first-order valence-electron chi connectivity index (χ1n) is 6.42. The number of carbonyl (C=O) groups is 2. The van der Waals surface area contributed by atoms with Gasteiger partial charge in [-0.25, -0.2) is 0 Å². The van der Waals surface area contributed by atoms with Gasteiger partial charge < -0.3 is 0 Å². The molecule has 5 N–H and O–H groups in total. The van der Waals surface area contributed by atoms with E-state index in [0.29, 0.717) is 0 Å². The molecule has 0 aliphatic rings. The van der Waals surface area contributed by atoms with Gasteiger partial charge in [0.15, 0.2) is 0 Å². The molecule has 0 saturated carbocycles. The fourth-order valence-corrected chi connectivity index (χ4v) is 4.70. The molecule has 0 saturated heterocycles. The quantitative estimate of drug-likeness (QED) is 0.279. The Balaban J connectivity index is 4.16. The maximum atomic E-state index is 11.6. The fourth-order valence-electron chi connectivity index (χ4n) is 2.54. The van der Waals surface area contributed by atoms with Gasteiger partial charge in [0.05, 0.1) is 0 Å². The average molecular weight is 356 g/mol. The van der Waals surface area contributed by atoms with Gasteiger partial charge in [0.25, 0.3) is 0 Å². The monoisotopic (exact) mass is 356 g/mol. The SMILES string of the molecule is O=C(O)c1[c]([Na])c(CCO)c(CCO)c(C(=O)O)c1S(=O)(=O)O. The van der Waals surface area contributed by atoms with Crippen molar-refractivity contribution in [1.29, 1.82) is 0 Å². The Morgan fingerprint density at radius 2 is 1.35 bits per heavy atom. The van der Waals surface area contributed by atoms with Gasteiger partial charge in [-0.05, 0) is 0 Å². The first-order chi connectivity index (χ1) is 10.6. The third kappa shape index (κ3) is 4.10. The van der Waals surface area contributed by atoms with Gasteiger partial charge in [-0.1, -0.05) is 0 Å². The second-order valence-corrected chi connectivity index (χ2v) is 7.05. The molecule has 0 aliphatic carbocycles. The number of hydrogen-bond donors (Lipinski definition) is 5. The van der Waals surface area contributed by atoms with Crippen LogP contribution in [0.25, 0.3) is 0 Å². The summed E-state index contributed by atoms with van der Waals surface area (Å²) in [7, 11) is -5.13. The normalized spacial score (nSPS) is 11.5. The molecular weight excluding hydrogens is 343 g/mol. The topological polar surface area (TPSA) is 169 Å². The van der Waals surface area contributed by atoms with Crippen LogP contribution in [0, 0.1) is 0 Å². The Kier molecular flexibility index (Phi) is 6.71. The predicted molar refractivity (Wildman–Crippen MR) is 77.1 cm³/mol. The average Bonchev–Trinajstić information content (AvgIpc) is 2.40. The van der Waals surface area contributed by atoms with E-state index in [1.165, 1.54) is 0 Å². The molecule has 0 radical (unpaired) electrons. The summed E-state index contributed by atoms with van der Waals surface area (Å²) in [5.41, 5.74) is -1.62. The van der Waals surface area contributed by atoms with Crippen molar-refractivity contribution in [2.75, 3.05) is 13.2 Å². The van der Waals surface area contributed by atoms with Crippen LogP contribution in [-0.2, 0) is 23.0 Å². The summed E-state index contributed by atoms with van der Waals surface area (Å²) in [6.45, 7) is -0.936. The van der Waals surface area contributed by atoms with Crippen LogP contribution in [-0.4, -0.2) is 86.5 Å². The van der Waals surface area contributed by atoms with E-state index in [1.807, 2.05) is 0 Å². The first kappa shape index (κ1) is 20.0. The van der Waals surface area contributed by atoms with Crippen LogP contribution in [0.1, 0.15) is 31.8 Å². The van der Waals surface area contributed by atoms with E-state index >= 15 is 0 Å². The molecule has 23 heavy (non-hydrogen) atoms. The third-order valence-electron chi connectivity index (χ3n) is 3.36. The number of aliphatic hydroxyl groups is 2. The maximum absolute atomic E-state index is 11.6. The fraction of sp³-hybridized carbons (Fsp3) is 0.333. The standard InChI is InChI=1S/C12H13O9S.Na/c13-3-1-6-5-8(11(15)16)10(22(19,20)21)9(12(17)18)7(6)2-4-14;/h13-14H,1-4H2,(H,15,16)(H,17,18)(H,19,20,21);. The van der Waals surface area contributed by atoms with E-state index in [-0.39, 0.29) is 54.7 Å². The zero-order valence-electron chi connectivity index (χ0n) is 12.1. The van der Waals surface area contributed by atoms with E-state index < -0.39 is 51.3 Å². The molecule has 0 aromatic heterocycles. The summed E-state index contributed by atoms with van der Waals surface area (Å²) in [5, 5.41) is 36.8. The van der Waals surface area contributed by atoms with E-state index in [0.717, 1.165) is 0 Å². The van der Waals surface area contributed by atoms with Gasteiger partial charge in [0.2, 0.25) is 0 Å². The molecule has 11 heteroatoms. The van der Waals surface area contributed by atoms with E-state index in [1.54, 1.807) is 0 Å². The number of aromatic carboxylic acids is 2. The van der Waals surface area contributed by atoms with Crippen molar-refractivity contribution in [2.24, 2.45) is 0 Å². The van der Waals surface area contributed by atoms with Crippen LogP contribution in [0.2, 0.25) is 0 Å². The number of carboxylic acids is 2. The Labute approximate surface area is 148 Å². The van der Waals surface area contributed by atoms with E-state index in [2.05, 4.69) is 0 Å². The van der Waals surface area contributed by atoms with E-state index in [9.17, 15) is 32.8 Å². The zero-order chi connectivity index (χ0) is 17.9. The summed E-state index contributed by atoms with van der Waals surface area (Å²) in [6, 6.07) is 0. The van der Waals surface area contributed by atoms with Crippen LogP contribution in [0.3, 0.4) is 0 Å². The number of aliphatic hydroxyl groups excluding tert-OH is 2. The Hall–Kier alpha value is -1.01. The second kappa shape index (κ2) is 7.71. The Morgan fingerprint density at radius 1 is 0.913 bits per heavy atom. The molecule has 0 aliphatic heterocycles. The molecule has 0 fully saturated rings. The van der Waals surface area contributed by atoms with Crippen molar-refractivity contribution in [2.45, 2.75) is 17.7 Å². The molecule has 9 nitrogen and oxygen atoms in total. The van der Waals surface area contributed by atoms with Gasteiger partial charge in [-0.15, -0.1) is 0 Å². The van der Waals surface area contributed by atoms with Gasteiger partial charge in [0, 0.05) is 0 Å². The Bertz CT molecular complexity index is 755. The van der Waals surface area contributed by atoms with Crippen LogP contribution in [0.4, 0.5) is 0 Å². The number of rotatable bonds is 7. The molecule has 1 aromatic rings. The molecule has 0 spiro atoms. The molecule has 0 atom stereocenters. The van der Waals surface area contributed by atoms with Gasteiger partial charge in [-0.2, -0.15) is 0 Å². The molecule has 0 unspecified atom stereocenters. The molecule has 1 rings (SSSR count). The molecule has 0 amide bonds. The summed E-state index contributed by atoms with van der Waals surface area (Å²) in [4.78, 5) is 21.7. The van der Waals surface area contributed by atoms with E-state index in [4.69, 9.17) is 10.2 Å². The van der Waals surface area contributed by atoms with Crippen LogP contribution >= 0.6 is 0 Å². The minimum atomic E-state index is -5.13. The molecule has 0 heterocycles. The first-order valence-corrected chi connectivity index (χ1v) is 8.86. The van der Waals surface area contributed by atoms with Crippen molar-refractivity contribution < 1.29 is 43.0 Å². The van der Waals surface area contributed by atoms with Gasteiger partial charge in [0.1, 0.15) is 0 Å². The zero-order valence-corrected chi connectivity index (χ0v) is 14.9. The minimum absolute atomic E-state index is 0.0289. The third-order valence-corrected chi connectivity index (χ3v) is 5.38. The second-order valence-electron chi connectivity index (χ2n) is 4.69. The summed E-state index contributed by atoms with van der Waals surface area (Å²) >= 11 is 0.0289. The van der Waals surface area contributed by atoms with Crippen LogP contribution < -0.4 is 2.81 Å². The van der Waals surface area contributed by atoms with Crippen LogP contribution in [0.5, 0.6) is 0 Å². The van der Waals surface area contributed by atoms with Crippen LogP contribution in [0.15, 0.2) is 4.90 Å². The molecule has 1 aromatic carbocycles. The van der Waals surface area contributed by atoms with Crippen molar-refractivity contribution in [3.8, 4) is 0 Å². The number of carboxylic acid groups (broad SMARTS) is 2. The van der Waals surface area contributed by atoms with Crippen molar-refractivity contribution >= 4 is 52.8 Å². The number of benzene rings is 1. The van der Waals surface area contributed by atoms with Gasteiger partial charge >= 0.3 is 149 Å². The summed E-state index contributed by atoms with van der Waals surface area (Å²) < 4.78 is 32.6. The summed E-state index contributed by atoms with van der Waals surface area (Å²) in [5.74, 6) is -3.44. The molecular formula is C12H13NaO9S.